The van der Waals surface area contributed by atoms with Crippen LogP contribution < -0.4 is 10.6 Å². The molecule has 26 heavy (non-hydrogen) atoms. The lowest BCUT2D eigenvalue weighted by Crippen LogP contribution is -2.06. The van der Waals surface area contributed by atoms with Crippen LogP contribution in [0.3, 0.4) is 0 Å². The minimum absolute atomic E-state index is 0.577. The van der Waals surface area contributed by atoms with Gasteiger partial charge in [-0.2, -0.15) is 5.26 Å². The Kier molecular flexibility index (Phi) is 5.79. The number of nitrogens with zero attached hydrogens (tertiary/aromatic N) is 3. The largest absolute Gasteiger partial charge is 0.370 e. The molecule has 0 aliphatic heterocycles. The molecule has 2 N–H and O–H groups in total. The van der Waals surface area contributed by atoms with Crippen LogP contribution >= 0.6 is 0 Å². The maximum absolute atomic E-state index is 9.29. The number of para-hydroxylation sites is 1. The fraction of sp³-hybridized carbons (Fsp3) is 0.190. The first-order valence-electron chi connectivity index (χ1n) is 8.74. The normalized spacial score (nSPS) is 10.2. The summed E-state index contributed by atoms with van der Waals surface area (Å²) >= 11 is 0. The van der Waals surface area contributed by atoms with Crippen LogP contribution in [0.25, 0.3) is 11.4 Å². The molecule has 130 valence electrons. The Hall–Kier alpha value is -3.39. The summed E-state index contributed by atoms with van der Waals surface area (Å²) < 4.78 is 0. The van der Waals surface area contributed by atoms with Gasteiger partial charge in [0.05, 0.1) is 11.3 Å². The van der Waals surface area contributed by atoms with Crippen LogP contribution in [0.4, 0.5) is 17.3 Å². The molecular weight excluding hydrogens is 322 g/mol. The molecule has 0 bridgehead atoms. The van der Waals surface area contributed by atoms with Crippen LogP contribution in [0, 0.1) is 11.3 Å². The Morgan fingerprint density at radius 2 is 1.69 bits per heavy atom. The molecule has 0 amide bonds. The molecular formula is C21H21N5. The van der Waals surface area contributed by atoms with Crippen molar-refractivity contribution < 1.29 is 0 Å². The maximum atomic E-state index is 9.29. The third-order valence-electron chi connectivity index (χ3n) is 3.90. The zero-order valence-electron chi connectivity index (χ0n) is 14.7. The van der Waals surface area contributed by atoms with Crippen LogP contribution in [0.2, 0.25) is 0 Å². The highest BCUT2D eigenvalue weighted by Gasteiger charge is 2.09. The van der Waals surface area contributed by atoms with Gasteiger partial charge in [0.1, 0.15) is 17.7 Å². The van der Waals surface area contributed by atoms with Gasteiger partial charge >= 0.3 is 0 Å². The molecule has 2 aromatic carbocycles. The minimum Gasteiger partial charge on any atom is -0.370 e. The van der Waals surface area contributed by atoms with Crippen molar-refractivity contribution in [2.24, 2.45) is 0 Å². The van der Waals surface area contributed by atoms with E-state index >= 15 is 0 Å². The third-order valence-corrected chi connectivity index (χ3v) is 3.90. The molecule has 0 aliphatic carbocycles. The maximum Gasteiger partial charge on any atom is 0.163 e. The second kappa shape index (κ2) is 8.63. The Morgan fingerprint density at radius 3 is 2.46 bits per heavy atom. The smallest absolute Gasteiger partial charge is 0.163 e. The lowest BCUT2D eigenvalue weighted by Gasteiger charge is -2.12. The van der Waals surface area contributed by atoms with Gasteiger partial charge in [-0.05, 0) is 18.6 Å². The third kappa shape index (κ3) is 4.37. The molecule has 0 saturated carbocycles. The van der Waals surface area contributed by atoms with Crippen molar-refractivity contribution in [3.63, 3.8) is 0 Å². The summed E-state index contributed by atoms with van der Waals surface area (Å²) in [5, 5.41) is 15.9. The SMILES string of the molecule is CCCCNc1cc(Nc2ccccc2C#N)nc(-c2ccccc2)n1. The van der Waals surface area contributed by atoms with Crippen molar-refractivity contribution >= 4 is 17.3 Å². The van der Waals surface area contributed by atoms with Crippen molar-refractivity contribution in [2.45, 2.75) is 19.8 Å². The van der Waals surface area contributed by atoms with Gasteiger partial charge in [-0.25, -0.2) is 9.97 Å². The molecule has 1 aromatic heterocycles. The van der Waals surface area contributed by atoms with E-state index in [1.54, 1.807) is 6.07 Å². The molecule has 3 rings (SSSR count). The Balaban J connectivity index is 1.95. The highest BCUT2D eigenvalue weighted by Crippen LogP contribution is 2.24. The summed E-state index contributed by atoms with van der Waals surface area (Å²) in [7, 11) is 0. The number of hydrogen-bond donors (Lipinski definition) is 2. The molecule has 0 aliphatic rings. The molecule has 0 spiro atoms. The summed E-state index contributed by atoms with van der Waals surface area (Å²) in [4.78, 5) is 9.26. The van der Waals surface area contributed by atoms with Gasteiger partial charge in [-0.1, -0.05) is 55.8 Å². The number of nitrogens with one attached hydrogen (secondary N) is 2. The Labute approximate surface area is 153 Å². The van der Waals surface area contributed by atoms with E-state index in [9.17, 15) is 5.26 Å². The van der Waals surface area contributed by atoms with E-state index in [4.69, 9.17) is 0 Å². The number of rotatable bonds is 7. The highest BCUT2D eigenvalue weighted by molar-refractivity contribution is 5.68. The van der Waals surface area contributed by atoms with E-state index in [0.29, 0.717) is 17.2 Å². The first-order valence-corrected chi connectivity index (χ1v) is 8.74. The van der Waals surface area contributed by atoms with Crippen LogP contribution in [0.15, 0.2) is 60.7 Å². The molecule has 0 fully saturated rings. The zero-order chi connectivity index (χ0) is 18.2. The van der Waals surface area contributed by atoms with Crippen molar-refractivity contribution in [3.8, 4) is 17.5 Å². The number of aromatic nitrogens is 2. The standard InChI is InChI=1S/C21H21N5/c1-2-3-13-23-19-14-20(24-18-12-8-7-11-17(18)15-22)26-21(25-19)16-9-5-4-6-10-16/h4-12,14H,2-3,13H2,1H3,(H2,23,24,25,26). The number of anilines is 3. The number of hydrogen-bond acceptors (Lipinski definition) is 5. The lowest BCUT2D eigenvalue weighted by molar-refractivity contribution is 0.830. The average molecular weight is 343 g/mol. The van der Waals surface area contributed by atoms with Gasteiger partial charge in [0.15, 0.2) is 5.82 Å². The van der Waals surface area contributed by atoms with E-state index in [-0.39, 0.29) is 0 Å². The van der Waals surface area contributed by atoms with Crippen LogP contribution in [0.5, 0.6) is 0 Å². The van der Waals surface area contributed by atoms with E-state index in [0.717, 1.165) is 36.5 Å². The molecule has 0 atom stereocenters. The number of benzene rings is 2. The van der Waals surface area contributed by atoms with E-state index in [1.807, 2.05) is 54.6 Å². The number of unbranched alkanes of at least 4 members (excludes halogenated alkanes) is 1. The summed E-state index contributed by atoms with van der Waals surface area (Å²) in [5.74, 6) is 2.06. The van der Waals surface area contributed by atoms with Gasteiger partial charge < -0.3 is 10.6 Å². The summed E-state index contributed by atoms with van der Waals surface area (Å²) in [5.41, 5.74) is 2.25. The van der Waals surface area contributed by atoms with Gasteiger partial charge in [0.2, 0.25) is 0 Å². The Bertz CT molecular complexity index is 900. The topological polar surface area (TPSA) is 73.6 Å². The van der Waals surface area contributed by atoms with Crippen molar-refractivity contribution in [2.75, 3.05) is 17.2 Å². The summed E-state index contributed by atoms with van der Waals surface area (Å²) in [6.45, 7) is 3.01. The molecule has 5 nitrogen and oxygen atoms in total. The van der Waals surface area contributed by atoms with Crippen LogP contribution in [0.1, 0.15) is 25.3 Å². The summed E-state index contributed by atoms with van der Waals surface area (Å²) in [6.07, 6.45) is 2.19. The van der Waals surface area contributed by atoms with Gasteiger partial charge in [-0.15, -0.1) is 0 Å². The molecule has 0 unspecified atom stereocenters. The predicted molar refractivity (Wildman–Crippen MR) is 105 cm³/mol. The first-order chi connectivity index (χ1) is 12.8. The molecule has 0 radical (unpaired) electrons. The van der Waals surface area contributed by atoms with Crippen LogP contribution in [-0.4, -0.2) is 16.5 Å². The second-order valence-electron chi connectivity index (χ2n) is 5.89. The van der Waals surface area contributed by atoms with Gasteiger partial charge in [0.25, 0.3) is 0 Å². The number of nitriles is 1. The first kappa shape index (κ1) is 17.4. The Morgan fingerprint density at radius 1 is 0.962 bits per heavy atom. The van der Waals surface area contributed by atoms with Crippen molar-refractivity contribution in [3.05, 3.63) is 66.2 Å². The minimum atomic E-state index is 0.577. The second-order valence-corrected chi connectivity index (χ2v) is 5.89. The fourth-order valence-corrected chi connectivity index (χ4v) is 2.54. The van der Waals surface area contributed by atoms with E-state index < -0.39 is 0 Å². The van der Waals surface area contributed by atoms with Gasteiger partial charge in [-0.3, -0.25) is 0 Å². The van der Waals surface area contributed by atoms with E-state index in [2.05, 4.69) is 33.6 Å². The summed E-state index contributed by atoms with van der Waals surface area (Å²) in [6, 6.07) is 21.3. The molecule has 5 heteroatoms. The van der Waals surface area contributed by atoms with Gasteiger partial charge in [0, 0.05) is 18.2 Å². The van der Waals surface area contributed by atoms with Crippen molar-refractivity contribution in [1.82, 2.24) is 9.97 Å². The zero-order valence-corrected chi connectivity index (χ0v) is 14.7. The monoisotopic (exact) mass is 343 g/mol. The fourth-order valence-electron chi connectivity index (χ4n) is 2.54. The van der Waals surface area contributed by atoms with E-state index in [1.165, 1.54) is 0 Å². The molecule has 1 heterocycles. The molecule has 3 aromatic rings. The van der Waals surface area contributed by atoms with Crippen molar-refractivity contribution in [1.29, 1.82) is 5.26 Å². The molecule has 0 saturated heterocycles. The predicted octanol–water partition coefficient (Wildman–Crippen LogP) is 4.97. The average Bonchev–Trinajstić information content (AvgIpc) is 2.69. The lowest BCUT2D eigenvalue weighted by atomic mass is 10.2. The highest BCUT2D eigenvalue weighted by atomic mass is 15.1. The quantitative estimate of drug-likeness (QED) is 0.592. The van der Waals surface area contributed by atoms with Crippen LogP contribution in [-0.2, 0) is 0 Å².